The van der Waals surface area contributed by atoms with Gasteiger partial charge in [-0.25, -0.2) is 8.78 Å². The van der Waals surface area contributed by atoms with Gasteiger partial charge in [-0.15, -0.1) is 10.2 Å². The molecule has 0 saturated carbocycles. The lowest BCUT2D eigenvalue weighted by Gasteiger charge is -2.16. The number of hydrogen-bond donors (Lipinski definition) is 1. The SMILES string of the molecule is CCNC(Cc1ccc(F)c(F)c1)Cc1nnn(C)n1. The van der Waals surface area contributed by atoms with Crippen molar-refractivity contribution < 1.29 is 8.78 Å². The molecular weight excluding hydrogens is 264 g/mol. The number of aryl methyl sites for hydroxylation is 1. The molecule has 5 nitrogen and oxygen atoms in total. The maximum Gasteiger partial charge on any atom is 0.176 e. The molecule has 0 aliphatic carbocycles. The fourth-order valence-corrected chi connectivity index (χ4v) is 2.08. The van der Waals surface area contributed by atoms with Crippen LogP contribution >= 0.6 is 0 Å². The van der Waals surface area contributed by atoms with Crippen molar-refractivity contribution in [2.75, 3.05) is 6.54 Å². The first-order chi connectivity index (χ1) is 9.58. The molecule has 0 saturated heterocycles. The second-order valence-corrected chi connectivity index (χ2v) is 4.61. The lowest BCUT2D eigenvalue weighted by molar-refractivity contribution is 0.493. The Morgan fingerprint density at radius 1 is 1.25 bits per heavy atom. The van der Waals surface area contributed by atoms with Gasteiger partial charge in [0, 0.05) is 12.5 Å². The van der Waals surface area contributed by atoms with Gasteiger partial charge in [0.1, 0.15) is 0 Å². The zero-order valence-corrected chi connectivity index (χ0v) is 11.5. The second-order valence-electron chi connectivity index (χ2n) is 4.61. The van der Waals surface area contributed by atoms with Crippen LogP contribution in [0.4, 0.5) is 8.78 Å². The van der Waals surface area contributed by atoms with Gasteiger partial charge in [-0.2, -0.15) is 4.80 Å². The normalized spacial score (nSPS) is 12.6. The summed E-state index contributed by atoms with van der Waals surface area (Å²) in [6.45, 7) is 2.76. The first-order valence-corrected chi connectivity index (χ1v) is 6.48. The summed E-state index contributed by atoms with van der Waals surface area (Å²) in [7, 11) is 1.70. The molecule has 0 radical (unpaired) electrons. The molecule has 0 amide bonds. The summed E-state index contributed by atoms with van der Waals surface area (Å²) in [6.07, 6.45) is 1.16. The number of rotatable bonds is 6. The van der Waals surface area contributed by atoms with E-state index in [0.29, 0.717) is 18.7 Å². The zero-order valence-electron chi connectivity index (χ0n) is 11.5. The number of hydrogen-bond acceptors (Lipinski definition) is 4. The van der Waals surface area contributed by atoms with Crippen molar-refractivity contribution in [2.24, 2.45) is 7.05 Å². The van der Waals surface area contributed by atoms with Crippen molar-refractivity contribution in [1.82, 2.24) is 25.5 Å². The Hall–Kier alpha value is -1.89. The zero-order chi connectivity index (χ0) is 14.5. The minimum Gasteiger partial charge on any atom is -0.313 e. The molecule has 7 heteroatoms. The molecule has 2 aromatic rings. The highest BCUT2D eigenvalue weighted by Crippen LogP contribution is 2.12. The van der Waals surface area contributed by atoms with Crippen molar-refractivity contribution >= 4 is 0 Å². The topological polar surface area (TPSA) is 55.6 Å². The summed E-state index contributed by atoms with van der Waals surface area (Å²) < 4.78 is 26.1. The van der Waals surface area contributed by atoms with E-state index in [1.807, 2.05) is 6.92 Å². The first kappa shape index (κ1) is 14.5. The van der Waals surface area contributed by atoms with E-state index in [0.717, 1.165) is 18.2 Å². The Labute approximate surface area is 116 Å². The quantitative estimate of drug-likeness (QED) is 0.866. The molecule has 0 spiro atoms. The van der Waals surface area contributed by atoms with Crippen molar-refractivity contribution in [3.05, 3.63) is 41.2 Å². The maximum atomic E-state index is 13.2. The van der Waals surface area contributed by atoms with Crippen LogP contribution in [0.15, 0.2) is 18.2 Å². The van der Waals surface area contributed by atoms with E-state index >= 15 is 0 Å². The van der Waals surface area contributed by atoms with Crippen LogP contribution in [-0.2, 0) is 19.9 Å². The highest BCUT2D eigenvalue weighted by molar-refractivity contribution is 5.19. The molecule has 108 valence electrons. The van der Waals surface area contributed by atoms with Gasteiger partial charge in [-0.1, -0.05) is 13.0 Å². The summed E-state index contributed by atoms with van der Waals surface area (Å²) >= 11 is 0. The van der Waals surface area contributed by atoms with Gasteiger partial charge < -0.3 is 5.32 Å². The summed E-state index contributed by atoms with van der Waals surface area (Å²) in [6, 6.07) is 4.01. The summed E-state index contributed by atoms with van der Waals surface area (Å²) in [5, 5.41) is 15.1. The summed E-state index contributed by atoms with van der Waals surface area (Å²) in [5.74, 6) is -1.03. The number of tetrazole rings is 1. The number of benzene rings is 1. The van der Waals surface area contributed by atoms with Gasteiger partial charge in [-0.3, -0.25) is 0 Å². The van der Waals surface area contributed by atoms with E-state index in [4.69, 9.17) is 0 Å². The number of aromatic nitrogens is 4. The Kier molecular flexibility index (Phi) is 4.73. The molecule has 2 rings (SSSR count). The Morgan fingerprint density at radius 2 is 2.05 bits per heavy atom. The van der Waals surface area contributed by atoms with Gasteiger partial charge in [-0.05, 0) is 35.9 Å². The van der Waals surface area contributed by atoms with Crippen molar-refractivity contribution in [3.8, 4) is 0 Å². The fourth-order valence-electron chi connectivity index (χ4n) is 2.08. The van der Waals surface area contributed by atoms with Crippen LogP contribution in [0.1, 0.15) is 18.3 Å². The summed E-state index contributed by atoms with van der Waals surface area (Å²) in [5.41, 5.74) is 0.735. The molecule has 0 bridgehead atoms. The van der Waals surface area contributed by atoms with Crippen LogP contribution in [0.5, 0.6) is 0 Å². The largest absolute Gasteiger partial charge is 0.313 e. The first-order valence-electron chi connectivity index (χ1n) is 6.48. The highest BCUT2D eigenvalue weighted by Gasteiger charge is 2.14. The minimum absolute atomic E-state index is 0.0501. The van der Waals surface area contributed by atoms with Crippen LogP contribution in [-0.4, -0.2) is 32.8 Å². The van der Waals surface area contributed by atoms with Crippen LogP contribution in [0, 0.1) is 11.6 Å². The molecule has 1 heterocycles. The Balaban J connectivity index is 2.06. The fraction of sp³-hybridized carbons (Fsp3) is 0.462. The molecule has 20 heavy (non-hydrogen) atoms. The van der Waals surface area contributed by atoms with Crippen molar-refractivity contribution in [1.29, 1.82) is 0 Å². The van der Waals surface area contributed by atoms with Crippen LogP contribution in [0.25, 0.3) is 0 Å². The van der Waals surface area contributed by atoms with Crippen LogP contribution in [0.2, 0.25) is 0 Å². The van der Waals surface area contributed by atoms with Gasteiger partial charge in [0.15, 0.2) is 17.5 Å². The molecule has 1 atom stereocenters. The van der Waals surface area contributed by atoms with E-state index in [9.17, 15) is 8.78 Å². The molecule has 1 N–H and O–H groups in total. The van der Waals surface area contributed by atoms with E-state index < -0.39 is 11.6 Å². The molecule has 0 fully saturated rings. The van der Waals surface area contributed by atoms with Gasteiger partial charge in [0.05, 0.1) is 7.05 Å². The number of halogens is 2. The molecule has 0 aliphatic rings. The average Bonchev–Trinajstić information content (AvgIpc) is 2.80. The summed E-state index contributed by atoms with van der Waals surface area (Å²) in [4.78, 5) is 1.40. The second kappa shape index (κ2) is 6.51. The standard InChI is InChI=1S/C13H17F2N5/c1-3-16-10(8-13-17-19-20(2)18-13)6-9-4-5-11(14)12(15)7-9/h4-5,7,10,16H,3,6,8H2,1-2H3. The van der Waals surface area contributed by atoms with E-state index in [1.165, 1.54) is 10.9 Å². The van der Waals surface area contributed by atoms with Crippen molar-refractivity contribution in [2.45, 2.75) is 25.8 Å². The molecule has 1 unspecified atom stereocenters. The van der Waals surface area contributed by atoms with E-state index in [1.54, 1.807) is 13.1 Å². The predicted molar refractivity (Wildman–Crippen MR) is 70.0 cm³/mol. The third-order valence-electron chi connectivity index (χ3n) is 2.94. The lowest BCUT2D eigenvalue weighted by atomic mass is 10.0. The highest BCUT2D eigenvalue weighted by atomic mass is 19.2. The predicted octanol–water partition coefficient (Wildman–Crippen LogP) is 1.25. The number of likely N-dealkylation sites (N-methyl/N-ethyl adjacent to an activating group) is 1. The lowest BCUT2D eigenvalue weighted by Crippen LogP contribution is -2.33. The molecular formula is C13H17F2N5. The molecule has 1 aromatic heterocycles. The average molecular weight is 281 g/mol. The van der Waals surface area contributed by atoms with Gasteiger partial charge in [0.25, 0.3) is 0 Å². The molecule has 1 aromatic carbocycles. The monoisotopic (exact) mass is 281 g/mol. The van der Waals surface area contributed by atoms with Gasteiger partial charge in [0.2, 0.25) is 0 Å². The smallest absolute Gasteiger partial charge is 0.176 e. The third-order valence-corrected chi connectivity index (χ3v) is 2.94. The molecule has 0 aliphatic heterocycles. The Bertz CT molecular complexity index is 570. The third kappa shape index (κ3) is 3.80. The number of nitrogens with one attached hydrogen (secondary N) is 1. The van der Waals surface area contributed by atoms with Crippen LogP contribution < -0.4 is 5.32 Å². The maximum absolute atomic E-state index is 13.2. The minimum atomic E-state index is -0.829. The van der Waals surface area contributed by atoms with E-state index in [2.05, 4.69) is 20.7 Å². The van der Waals surface area contributed by atoms with Gasteiger partial charge >= 0.3 is 0 Å². The Morgan fingerprint density at radius 3 is 2.65 bits per heavy atom. The van der Waals surface area contributed by atoms with Crippen LogP contribution in [0.3, 0.4) is 0 Å². The number of nitrogens with zero attached hydrogens (tertiary/aromatic N) is 4. The van der Waals surface area contributed by atoms with E-state index in [-0.39, 0.29) is 6.04 Å². The van der Waals surface area contributed by atoms with Crippen molar-refractivity contribution in [3.63, 3.8) is 0 Å².